The number of nitrogens with zero attached hydrogens (tertiary/aromatic N) is 4. The van der Waals surface area contributed by atoms with Crippen LogP contribution in [0, 0.1) is 11.8 Å². The van der Waals surface area contributed by atoms with Crippen molar-refractivity contribution >= 4 is 17.5 Å². The molecule has 1 aliphatic heterocycles. The molecule has 0 bridgehead atoms. The number of carbonyl (C=O) groups is 2. The van der Waals surface area contributed by atoms with Gasteiger partial charge in [-0.3, -0.25) is 9.59 Å². The van der Waals surface area contributed by atoms with Crippen molar-refractivity contribution in [3.8, 4) is 0 Å². The quantitative estimate of drug-likeness (QED) is 0.499. The summed E-state index contributed by atoms with van der Waals surface area (Å²) in [4.78, 5) is 34.6. The van der Waals surface area contributed by atoms with Crippen molar-refractivity contribution < 1.29 is 9.59 Å². The van der Waals surface area contributed by atoms with Crippen LogP contribution in [0.15, 0.2) is 43.0 Å². The Hall–Kier alpha value is -2.67. The van der Waals surface area contributed by atoms with E-state index in [2.05, 4.69) is 49.0 Å². The standard InChI is InChI=1S/C26H39N5O2/c1-20(2)17-29(18-21(3)4)13-7-11-28-25(32)16-24(30-15-12-27-19-30)26(33)31-14-10-22-8-5-6-9-23(22)31/h5-6,8-9,12,15,19-21,24H,7,10-11,13-14,16-18H2,1-4H3,(H,28,32)/t24-/m0/s1. The molecule has 2 amide bonds. The Kier molecular flexibility index (Phi) is 9.06. The summed E-state index contributed by atoms with van der Waals surface area (Å²) in [6.45, 7) is 13.3. The van der Waals surface area contributed by atoms with Crippen LogP contribution in [0.25, 0.3) is 0 Å². The normalized spacial score (nSPS) is 14.2. The van der Waals surface area contributed by atoms with Gasteiger partial charge in [0.2, 0.25) is 5.91 Å². The third-order valence-electron chi connectivity index (χ3n) is 5.92. The number of benzene rings is 1. The van der Waals surface area contributed by atoms with Crippen LogP contribution in [0.2, 0.25) is 0 Å². The van der Waals surface area contributed by atoms with Gasteiger partial charge in [-0.05, 0) is 42.9 Å². The van der Waals surface area contributed by atoms with Crippen molar-refractivity contribution in [2.75, 3.05) is 37.6 Å². The van der Waals surface area contributed by atoms with Crippen molar-refractivity contribution in [2.24, 2.45) is 11.8 Å². The topological polar surface area (TPSA) is 70.5 Å². The van der Waals surface area contributed by atoms with Crippen LogP contribution in [0.1, 0.15) is 52.1 Å². The monoisotopic (exact) mass is 453 g/mol. The lowest BCUT2D eigenvalue weighted by atomic mass is 10.1. The minimum atomic E-state index is -0.600. The highest BCUT2D eigenvalue weighted by molar-refractivity contribution is 6.00. The molecule has 2 aromatic rings. The van der Waals surface area contributed by atoms with E-state index in [9.17, 15) is 9.59 Å². The molecule has 7 nitrogen and oxygen atoms in total. The van der Waals surface area contributed by atoms with E-state index < -0.39 is 6.04 Å². The van der Waals surface area contributed by atoms with Crippen LogP contribution < -0.4 is 10.2 Å². The summed E-state index contributed by atoms with van der Waals surface area (Å²) in [7, 11) is 0. The molecule has 1 atom stereocenters. The fourth-order valence-corrected chi connectivity index (χ4v) is 4.59. The van der Waals surface area contributed by atoms with Gasteiger partial charge in [0.1, 0.15) is 6.04 Å². The minimum Gasteiger partial charge on any atom is -0.356 e. The van der Waals surface area contributed by atoms with Gasteiger partial charge in [-0.25, -0.2) is 4.98 Å². The summed E-state index contributed by atoms with van der Waals surface area (Å²) in [6, 6.07) is 7.38. The first kappa shape index (κ1) is 25.0. The predicted molar refractivity (Wildman–Crippen MR) is 132 cm³/mol. The molecule has 0 unspecified atom stereocenters. The number of anilines is 1. The van der Waals surface area contributed by atoms with E-state index in [0.29, 0.717) is 24.9 Å². The molecule has 2 heterocycles. The van der Waals surface area contributed by atoms with Crippen molar-refractivity contribution in [1.29, 1.82) is 0 Å². The number of hydrogen-bond acceptors (Lipinski definition) is 4. The summed E-state index contributed by atoms with van der Waals surface area (Å²) < 4.78 is 1.75. The van der Waals surface area contributed by atoms with Gasteiger partial charge in [0.15, 0.2) is 0 Å². The van der Waals surface area contributed by atoms with Crippen molar-refractivity contribution in [3.63, 3.8) is 0 Å². The Labute approximate surface area is 198 Å². The molecule has 1 aromatic carbocycles. The smallest absolute Gasteiger partial charge is 0.250 e. The number of imidazole rings is 1. The largest absolute Gasteiger partial charge is 0.356 e. The van der Waals surface area contributed by atoms with Crippen molar-refractivity contribution in [1.82, 2.24) is 19.8 Å². The van der Waals surface area contributed by atoms with Gasteiger partial charge in [-0.1, -0.05) is 45.9 Å². The molecule has 180 valence electrons. The van der Waals surface area contributed by atoms with Gasteiger partial charge in [0.05, 0.1) is 12.7 Å². The zero-order valence-electron chi connectivity index (χ0n) is 20.5. The zero-order valence-corrected chi connectivity index (χ0v) is 20.5. The average Bonchev–Trinajstić information content (AvgIpc) is 3.43. The molecule has 1 N–H and O–H groups in total. The molecular formula is C26H39N5O2. The average molecular weight is 454 g/mol. The Balaban J connectivity index is 1.56. The first-order valence-corrected chi connectivity index (χ1v) is 12.2. The molecule has 0 saturated carbocycles. The number of hydrogen-bond donors (Lipinski definition) is 1. The molecule has 0 saturated heterocycles. The number of rotatable bonds is 12. The maximum Gasteiger partial charge on any atom is 0.250 e. The van der Waals surface area contributed by atoms with Crippen LogP contribution in [0.3, 0.4) is 0 Å². The maximum atomic E-state index is 13.5. The van der Waals surface area contributed by atoms with E-state index in [-0.39, 0.29) is 18.2 Å². The molecule has 0 radical (unpaired) electrons. The molecule has 7 heteroatoms. The van der Waals surface area contributed by atoms with Gasteiger partial charge in [-0.2, -0.15) is 0 Å². The van der Waals surface area contributed by atoms with Crippen LogP contribution in [-0.2, 0) is 16.0 Å². The van der Waals surface area contributed by atoms with Gasteiger partial charge >= 0.3 is 0 Å². The van der Waals surface area contributed by atoms with E-state index in [1.807, 2.05) is 23.1 Å². The van der Waals surface area contributed by atoms with Crippen LogP contribution in [0.5, 0.6) is 0 Å². The van der Waals surface area contributed by atoms with Gasteiger partial charge in [-0.15, -0.1) is 0 Å². The molecule has 3 rings (SSSR count). The SMILES string of the molecule is CC(C)CN(CCCNC(=O)C[C@@H](C(=O)N1CCc2ccccc21)n1ccnc1)CC(C)C. The second-order valence-electron chi connectivity index (χ2n) is 9.85. The minimum absolute atomic E-state index is 0.0619. The third-order valence-corrected chi connectivity index (χ3v) is 5.92. The highest BCUT2D eigenvalue weighted by atomic mass is 16.2. The van der Waals surface area contributed by atoms with Crippen LogP contribution in [-0.4, -0.2) is 59.0 Å². The number of aromatic nitrogens is 2. The third kappa shape index (κ3) is 7.16. The van der Waals surface area contributed by atoms with Gasteiger partial charge in [0.25, 0.3) is 5.91 Å². The first-order valence-electron chi connectivity index (χ1n) is 12.2. The fraction of sp³-hybridized carbons (Fsp3) is 0.577. The Bertz CT molecular complexity index is 884. The molecule has 1 aliphatic rings. The molecule has 0 spiro atoms. The van der Waals surface area contributed by atoms with Crippen molar-refractivity contribution in [2.45, 2.75) is 53.0 Å². The van der Waals surface area contributed by atoms with Crippen LogP contribution in [0.4, 0.5) is 5.69 Å². The highest BCUT2D eigenvalue weighted by Crippen LogP contribution is 2.30. The van der Waals surface area contributed by atoms with Crippen molar-refractivity contribution in [3.05, 3.63) is 48.5 Å². The molecule has 0 fully saturated rings. The summed E-state index contributed by atoms with van der Waals surface area (Å²) in [5.74, 6) is 1.08. The number of carbonyl (C=O) groups excluding carboxylic acids is 2. The second-order valence-corrected chi connectivity index (χ2v) is 9.85. The molecular weight excluding hydrogens is 414 g/mol. The lowest BCUT2D eigenvalue weighted by molar-refractivity contribution is -0.128. The summed E-state index contributed by atoms with van der Waals surface area (Å²) in [5, 5.41) is 3.03. The predicted octanol–water partition coefficient (Wildman–Crippen LogP) is 3.52. The van der Waals surface area contributed by atoms with Crippen LogP contribution >= 0.6 is 0 Å². The number of amides is 2. The Morgan fingerprint density at radius 2 is 1.85 bits per heavy atom. The first-order chi connectivity index (χ1) is 15.8. The number of fused-ring (bicyclic) bond motifs is 1. The van der Waals surface area contributed by atoms with Gasteiger partial charge < -0.3 is 19.7 Å². The highest BCUT2D eigenvalue weighted by Gasteiger charge is 2.32. The van der Waals surface area contributed by atoms with E-state index in [1.165, 1.54) is 5.56 Å². The molecule has 33 heavy (non-hydrogen) atoms. The Morgan fingerprint density at radius 3 is 2.52 bits per heavy atom. The van der Waals surface area contributed by atoms with Gasteiger partial charge in [0, 0.05) is 44.3 Å². The number of para-hydroxylation sites is 1. The lowest BCUT2D eigenvalue weighted by Crippen LogP contribution is -2.39. The van der Waals surface area contributed by atoms with E-state index in [0.717, 1.165) is 38.2 Å². The molecule has 0 aliphatic carbocycles. The lowest BCUT2D eigenvalue weighted by Gasteiger charge is -2.26. The summed E-state index contributed by atoms with van der Waals surface area (Å²) >= 11 is 0. The summed E-state index contributed by atoms with van der Waals surface area (Å²) in [5.41, 5.74) is 2.12. The Morgan fingerprint density at radius 1 is 1.12 bits per heavy atom. The maximum absolute atomic E-state index is 13.5. The zero-order chi connectivity index (χ0) is 23.8. The second kappa shape index (κ2) is 12.0. The van der Waals surface area contributed by atoms with E-state index >= 15 is 0 Å². The molecule has 1 aromatic heterocycles. The fourth-order valence-electron chi connectivity index (χ4n) is 4.59. The van der Waals surface area contributed by atoms with E-state index in [1.54, 1.807) is 23.3 Å². The summed E-state index contributed by atoms with van der Waals surface area (Å²) in [6.07, 6.45) is 6.87. The number of nitrogens with one attached hydrogen (secondary N) is 1. The van der Waals surface area contributed by atoms with E-state index in [4.69, 9.17) is 0 Å².